The Balaban J connectivity index is 0.00000169. The van der Waals surface area contributed by atoms with E-state index in [2.05, 4.69) is 0 Å². The second kappa shape index (κ2) is 4.99. The molecule has 0 radical (unpaired) electrons. The molecule has 0 N–H and O–H groups in total. The molecule has 1 rings (SSSR count). The molecule has 0 aliphatic carbocycles. The Morgan fingerprint density at radius 3 is 2.00 bits per heavy atom. The van der Waals surface area contributed by atoms with Gasteiger partial charge in [0.15, 0.2) is 10.1 Å². The molecule has 0 unspecified atom stereocenters. The number of rotatable bonds is 1. The predicted molar refractivity (Wildman–Crippen MR) is 40.4 cm³/mol. The molecule has 0 atom stereocenters. The van der Waals surface area contributed by atoms with Crippen LogP contribution in [-0.4, -0.2) is 18.1 Å². The molecule has 70 valence electrons. The summed E-state index contributed by atoms with van der Waals surface area (Å²) in [6.07, 6.45) is 0. The van der Waals surface area contributed by atoms with Gasteiger partial charge >= 0.3 is 29.6 Å². The molecule has 0 aromatic heterocycles. The molecule has 0 aliphatic heterocycles. The van der Waals surface area contributed by atoms with Gasteiger partial charge in [-0.25, -0.2) is 12.8 Å². The molecule has 0 aliphatic rings. The SMILES string of the molecule is O=C(c1ccc(F)cc1)S(=O)(=O)[O-].[Na+]. The van der Waals surface area contributed by atoms with Gasteiger partial charge < -0.3 is 4.55 Å². The van der Waals surface area contributed by atoms with E-state index in [4.69, 9.17) is 0 Å². The summed E-state index contributed by atoms with van der Waals surface area (Å²) in [6.45, 7) is 0. The van der Waals surface area contributed by atoms with Crippen LogP contribution in [0.4, 0.5) is 4.39 Å². The zero-order valence-electron chi connectivity index (χ0n) is 7.23. The summed E-state index contributed by atoms with van der Waals surface area (Å²) in [4.78, 5) is 10.8. The van der Waals surface area contributed by atoms with Crippen molar-refractivity contribution < 1.29 is 51.7 Å². The van der Waals surface area contributed by atoms with Crippen LogP contribution in [0, 0.1) is 5.82 Å². The van der Waals surface area contributed by atoms with Gasteiger partial charge in [0, 0.05) is 5.56 Å². The minimum atomic E-state index is -4.98. The molecule has 0 heterocycles. The number of hydrogen-bond acceptors (Lipinski definition) is 4. The third kappa shape index (κ3) is 3.47. The molecule has 0 amide bonds. The van der Waals surface area contributed by atoms with Crippen molar-refractivity contribution in [3.63, 3.8) is 0 Å². The first-order valence-electron chi connectivity index (χ1n) is 3.17. The first kappa shape index (κ1) is 13.7. The van der Waals surface area contributed by atoms with Crippen LogP contribution < -0.4 is 29.6 Å². The standard InChI is InChI=1S/C7H5FO4S.Na/c8-6-3-1-5(2-4-6)7(9)13(10,11)12;/h1-4H,(H,10,11,12);/q;+1/p-1. The van der Waals surface area contributed by atoms with E-state index in [1.807, 2.05) is 0 Å². The summed E-state index contributed by atoms with van der Waals surface area (Å²) >= 11 is 0. The average Bonchev–Trinajstić information content (AvgIpc) is 2.03. The van der Waals surface area contributed by atoms with Crippen molar-refractivity contribution in [2.24, 2.45) is 0 Å². The maximum absolute atomic E-state index is 12.3. The first-order valence-corrected chi connectivity index (χ1v) is 4.58. The van der Waals surface area contributed by atoms with Gasteiger partial charge in [0.05, 0.1) is 0 Å². The molecule has 0 saturated carbocycles. The second-order valence-corrected chi connectivity index (χ2v) is 3.53. The summed E-state index contributed by atoms with van der Waals surface area (Å²) in [7, 11) is -4.98. The van der Waals surface area contributed by atoms with E-state index in [0.29, 0.717) is 0 Å². The van der Waals surface area contributed by atoms with Crippen molar-refractivity contribution in [3.05, 3.63) is 35.6 Å². The van der Waals surface area contributed by atoms with Crippen LogP contribution in [-0.2, 0) is 10.1 Å². The van der Waals surface area contributed by atoms with Crippen molar-refractivity contribution in [1.82, 2.24) is 0 Å². The third-order valence-corrected chi connectivity index (χ3v) is 2.00. The van der Waals surface area contributed by atoms with Crippen LogP contribution in [0.2, 0.25) is 0 Å². The largest absolute Gasteiger partial charge is 1.00 e. The average molecular weight is 226 g/mol. The van der Waals surface area contributed by atoms with Gasteiger partial charge in [-0.2, -0.15) is 0 Å². The smallest absolute Gasteiger partial charge is 0.742 e. The summed E-state index contributed by atoms with van der Waals surface area (Å²) in [5, 5.41) is -1.55. The maximum atomic E-state index is 12.3. The number of carbonyl (C=O) groups is 1. The first-order chi connectivity index (χ1) is 5.91. The van der Waals surface area contributed by atoms with Gasteiger partial charge in [-0.15, -0.1) is 0 Å². The monoisotopic (exact) mass is 226 g/mol. The van der Waals surface area contributed by atoms with Crippen molar-refractivity contribution in [3.8, 4) is 0 Å². The summed E-state index contributed by atoms with van der Waals surface area (Å²) in [6, 6.07) is 3.68. The molecule has 4 nitrogen and oxygen atoms in total. The van der Waals surface area contributed by atoms with Gasteiger partial charge in [-0.05, 0) is 24.3 Å². The minimum absolute atomic E-state index is 0. The van der Waals surface area contributed by atoms with E-state index < -0.39 is 21.1 Å². The fraction of sp³-hybridized carbons (Fsp3) is 0. The Kier molecular flexibility index (Phi) is 4.90. The van der Waals surface area contributed by atoms with Crippen molar-refractivity contribution >= 4 is 15.2 Å². The van der Waals surface area contributed by atoms with Crippen LogP contribution in [0.1, 0.15) is 10.4 Å². The van der Waals surface area contributed by atoms with E-state index in [-0.39, 0.29) is 35.1 Å². The van der Waals surface area contributed by atoms with Gasteiger partial charge in [0.1, 0.15) is 5.82 Å². The molecule has 0 spiro atoms. The summed E-state index contributed by atoms with van der Waals surface area (Å²) in [5.41, 5.74) is -0.337. The Bertz CT molecular complexity index is 426. The van der Waals surface area contributed by atoms with Gasteiger partial charge in [-0.1, -0.05) is 0 Å². The second-order valence-electron chi connectivity index (χ2n) is 2.25. The Labute approximate surface area is 102 Å². The zero-order valence-corrected chi connectivity index (χ0v) is 10.0. The molecule has 0 bridgehead atoms. The topological polar surface area (TPSA) is 74.3 Å². The molecule has 1 aromatic carbocycles. The van der Waals surface area contributed by atoms with E-state index >= 15 is 0 Å². The van der Waals surface area contributed by atoms with E-state index in [1.165, 1.54) is 0 Å². The van der Waals surface area contributed by atoms with Crippen LogP contribution in [0.5, 0.6) is 0 Å². The molecule has 14 heavy (non-hydrogen) atoms. The summed E-state index contributed by atoms with van der Waals surface area (Å²) in [5.74, 6) is -0.611. The van der Waals surface area contributed by atoms with Gasteiger partial charge in [-0.3, -0.25) is 4.79 Å². The molecular weight excluding hydrogens is 222 g/mol. The molecule has 0 fully saturated rings. The van der Waals surface area contributed by atoms with Crippen LogP contribution in [0.15, 0.2) is 24.3 Å². The Morgan fingerprint density at radius 1 is 1.21 bits per heavy atom. The molecular formula is C7H4FNaO4S. The van der Waals surface area contributed by atoms with Gasteiger partial charge in [0.25, 0.3) is 5.12 Å². The van der Waals surface area contributed by atoms with E-state index in [1.54, 1.807) is 0 Å². The van der Waals surface area contributed by atoms with Crippen molar-refractivity contribution in [2.75, 3.05) is 0 Å². The van der Waals surface area contributed by atoms with Crippen molar-refractivity contribution in [1.29, 1.82) is 0 Å². The number of benzene rings is 1. The Hall–Kier alpha value is -0.270. The molecule has 0 saturated heterocycles. The minimum Gasteiger partial charge on any atom is -0.742 e. The molecule has 1 aromatic rings. The number of hydrogen-bond donors (Lipinski definition) is 0. The van der Waals surface area contributed by atoms with Crippen LogP contribution in [0.25, 0.3) is 0 Å². The molecule has 7 heteroatoms. The third-order valence-electron chi connectivity index (χ3n) is 1.31. The van der Waals surface area contributed by atoms with Crippen LogP contribution >= 0.6 is 0 Å². The van der Waals surface area contributed by atoms with E-state index in [9.17, 15) is 22.2 Å². The van der Waals surface area contributed by atoms with Crippen LogP contribution in [0.3, 0.4) is 0 Å². The van der Waals surface area contributed by atoms with Gasteiger partial charge in [0.2, 0.25) is 0 Å². The van der Waals surface area contributed by atoms with E-state index in [0.717, 1.165) is 24.3 Å². The van der Waals surface area contributed by atoms with Crippen molar-refractivity contribution in [2.45, 2.75) is 0 Å². The normalized spacial score (nSPS) is 10.4. The number of carbonyl (C=O) groups excluding carboxylic acids is 1. The number of halogens is 1. The predicted octanol–water partition coefficient (Wildman–Crippen LogP) is -2.48. The fourth-order valence-corrected chi connectivity index (χ4v) is 1.16. The maximum Gasteiger partial charge on any atom is 1.00 e. The zero-order chi connectivity index (χ0) is 10.1. The fourth-order valence-electron chi connectivity index (χ4n) is 0.730. The summed E-state index contributed by atoms with van der Waals surface area (Å²) < 4.78 is 43.0. The Morgan fingerprint density at radius 2 is 1.64 bits per heavy atom. The quantitative estimate of drug-likeness (QED) is 0.392.